The van der Waals surface area contributed by atoms with Crippen LogP contribution in [0.1, 0.15) is 21.7 Å². The van der Waals surface area contributed by atoms with Crippen molar-refractivity contribution >= 4 is 5.91 Å². The fourth-order valence-electron chi connectivity index (χ4n) is 3.01. The number of para-hydroxylation sites is 1. The number of hydrogen-bond acceptors (Lipinski definition) is 5. The number of methoxy groups -OCH3 is 2. The van der Waals surface area contributed by atoms with Gasteiger partial charge >= 0.3 is 0 Å². The van der Waals surface area contributed by atoms with Crippen LogP contribution in [-0.2, 0) is 6.54 Å². The van der Waals surface area contributed by atoms with Crippen molar-refractivity contribution in [1.82, 2.24) is 10.1 Å². The lowest BCUT2D eigenvalue weighted by molar-refractivity contribution is 0.0783. The van der Waals surface area contributed by atoms with E-state index in [1.54, 1.807) is 33.1 Å². The van der Waals surface area contributed by atoms with E-state index in [1.807, 2.05) is 48.5 Å². The molecule has 0 aliphatic carbocycles. The van der Waals surface area contributed by atoms with E-state index in [1.165, 1.54) is 0 Å². The maximum Gasteiger partial charge on any atom is 0.259 e. The number of hydrogen-bond donors (Lipinski definition) is 0. The Morgan fingerprint density at radius 2 is 1.81 bits per heavy atom. The monoisotopic (exact) mass is 366 g/mol. The molecule has 2 aromatic carbocycles. The van der Waals surface area contributed by atoms with Crippen LogP contribution in [0, 0.1) is 6.92 Å². The zero-order valence-electron chi connectivity index (χ0n) is 15.9. The molecule has 0 aliphatic heterocycles. The minimum Gasteiger partial charge on any atom is -0.493 e. The second-order valence-electron chi connectivity index (χ2n) is 6.14. The lowest BCUT2D eigenvalue weighted by Crippen LogP contribution is -2.27. The molecule has 0 fully saturated rings. The van der Waals surface area contributed by atoms with E-state index in [4.69, 9.17) is 14.0 Å². The van der Waals surface area contributed by atoms with Gasteiger partial charge in [0.15, 0.2) is 11.5 Å². The van der Waals surface area contributed by atoms with Gasteiger partial charge in [-0.05, 0) is 13.0 Å². The van der Waals surface area contributed by atoms with Crippen LogP contribution >= 0.6 is 0 Å². The predicted molar refractivity (Wildman–Crippen MR) is 102 cm³/mol. The Bertz CT molecular complexity index is 935. The molecule has 27 heavy (non-hydrogen) atoms. The third-order valence-electron chi connectivity index (χ3n) is 4.36. The minimum absolute atomic E-state index is 0.169. The number of rotatable bonds is 6. The fraction of sp³-hybridized carbons (Fsp3) is 0.238. The van der Waals surface area contributed by atoms with E-state index >= 15 is 0 Å². The van der Waals surface area contributed by atoms with E-state index in [-0.39, 0.29) is 5.91 Å². The second kappa shape index (κ2) is 7.95. The van der Waals surface area contributed by atoms with E-state index in [0.717, 1.165) is 11.1 Å². The lowest BCUT2D eigenvalue weighted by atomic mass is 10.0. The molecule has 0 saturated carbocycles. The van der Waals surface area contributed by atoms with Crippen molar-refractivity contribution in [2.24, 2.45) is 0 Å². The van der Waals surface area contributed by atoms with Gasteiger partial charge in [-0.2, -0.15) is 0 Å². The topological polar surface area (TPSA) is 64.8 Å². The molecule has 0 spiro atoms. The molecular weight excluding hydrogens is 344 g/mol. The maximum atomic E-state index is 13.1. The molecule has 1 amide bonds. The van der Waals surface area contributed by atoms with Gasteiger partial charge in [-0.1, -0.05) is 47.6 Å². The van der Waals surface area contributed by atoms with Crippen molar-refractivity contribution in [2.75, 3.05) is 21.3 Å². The average Bonchev–Trinajstić information content (AvgIpc) is 3.09. The van der Waals surface area contributed by atoms with Crippen molar-refractivity contribution in [2.45, 2.75) is 13.5 Å². The fourth-order valence-corrected chi connectivity index (χ4v) is 3.01. The van der Waals surface area contributed by atoms with Gasteiger partial charge in [0.1, 0.15) is 17.0 Å². The Balaban J connectivity index is 1.91. The highest BCUT2D eigenvalue weighted by Gasteiger charge is 2.25. The van der Waals surface area contributed by atoms with Gasteiger partial charge in [-0.3, -0.25) is 4.79 Å². The van der Waals surface area contributed by atoms with E-state index in [0.29, 0.717) is 35.1 Å². The molecule has 0 bridgehead atoms. The molecule has 3 rings (SSSR count). The van der Waals surface area contributed by atoms with Crippen LogP contribution < -0.4 is 9.47 Å². The van der Waals surface area contributed by atoms with Crippen molar-refractivity contribution in [3.8, 4) is 22.8 Å². The van der Waals surface area contributed by atoms with Crippen molar-refractivity contribution in [1.29, 1.82) is 0 Å². The number of aryl methyl sites for hydroxylation is 1. The summed E-state index contributed by atoms with van der Waals surface area (Å²) < 4.78 is 16.1. The van der Waals surface area contributed by atoms with Gasteiger partial charge in [0.25, 0.3) is 5.91 Å². The van der Waals surface area contributed by atoms with Crippen molar-refractivity contribution < 1.29 is 18.8 Å². The standard InChI is InChI=1S/C21H22N2O4/c1-14-18(19(22-27-14)15-9-6-5-7-10-15)21(24)23(2)13-16-11-8-12-17(25-3)20(16)26-4/h5-12H,13H2,1-4H3. The zero-order valence-corrected chi connectivity index (χ0v) is 15.9. The SMILES string of the molecule is COc1cccc(CN(C)C(=O)c2c(-c3ccccc3)noc2C)c1OC. The number of amides is 1. The van der Waals surface area contributed by atoms with Crippen molar-refractivity contribution in [3.05, 3.63) is 65.4 Å². The first-order chi connectivity index (χ1) is 13.1. The summed E-state index contributed by atoms with van der Waals surface area (Å²) in [6.07, 6.45) is 0. The summed E-state index contributed by atoms with van der Waals surface area (Å²) in [6.45, 7) is 2.10. The van der Waals surface area contributed by atoms with Gasteiger partial charge < -0.3 is 18.9 Å². The van der Waals surface area contributed by atoms with E-state index in [9.17, 15) is 4.79 Å². The molecule has 6 nitrogen and oxygen atoms in total. The Hall–Kier alpha value is -3.28. The Morgan fingerprint density at radius 3 is 2.48 bits per heavy atom. The van der Waals surface area contributed by atoms with Crippen LogP contribution in [0.25, 0.3) is 11.3 Å². The highest BCUT2D eigenvalue weighted by atomic mass is 16.5. The normalized spacial score (nSPS) is 10.5. The predicted octanol–water partition coefficient (Wildman–Crippen LogP) is 3.94. The van der Waals surface area contributed by atoms with E-state index in [2.05, 4.69) is 5.16 Å². The highest BCUT2D eigenvalue weighted by Crippen LogP contribution is 2.32. The minimum atomic E-state index is -0.169. The first-order valence-electron chi connectivity index (χ1n) is 8.53. The molecule has 0 aliphatic rings. The zero-order chi connectivity index (χ0) is 19.4. The lowest BCUT2D eigenvalue weighted by Gasteiger charge is -2.20. The van der Waals surface area contributed by atoms with Gasteiger partial charge in [0, 0.05) is 24.7 Å². The largest absolute Gasteiger partial charge is 0.493 e. The van der Waals surface area contributed by atoms with Crippen LogP contribution in [0.4, 0.5) is 0 Å². The first-order valence-corrected chi connectivity index (χ1v) is 8.53. The summed E-state index contributed by atoms with van der Waals surface area (Å²) in [4.78, 5) is 14.7. The molecule has 1 heterocycles. The molecule has 0 radical (unpaired) electrons. The summed E-state index contributed by atoms with van der Waals surface area (Å²) in [5.74, 6) is 1.56. The number of carbonyl (C=O) groups excluding carboxylic acids is 1. The van der Waals surface area contributed by atoms with Gasteiger partial charge in [-0.25, -0.2) is 0 Å². The first kappa shape index (κ1) is 18.5. The van der Waals surface area contributed by atoms with Gasteiger partial charge in [0.05, 0.1) is 14.2 Å². The quantitative estimate of drug-likeness (QED) is 0.661. The van der Waals surface area contributed by atoms with Crippen LogP contribution in [0.5, 0.6) is 11.5 Å². The molecule has 3 aromatic rings. The van der Waals surface area contributed by atoms with Gasteiger partial charge in [-0.15, -0.1) is 0 Å². The number of carbonyl (C=O) groups is 1. The third-order valence-corrected chi connectivity index (χ3v) is 4.36. The Morgan fingerprint density at radius 1 is 1.07 bits per heavy atom. The summed E-state index contributed by atoms with van der Waals surface area (Å²) in [6, 6.07) is 15.1. The molecule has 1 aromatic heterocycles. The van der Waals surface area contributed by atoms with E-state index < -0.39 is 0 Å². The number of benzene rings is 2. The maximum absolute atomic E-state index is 13.1. The Kier molecular flexibility index (Phi) is 5.45. The molecule has 0 saturated heterocycles. The summed E-state index contributed by atoms with van der Waals surface area (Å²) in [5, 5.41) is 4.09. The van der Waals surface area contributed by atoms with Crippen LogP contribution in [0.2, 0.25) is 0 Å². The molecule has 0 N–H and O–H groups in total. The second-order valence-corrected chi connectivity index (χ2v) is 6.14. The third kappa shape index (κ3) is 3.65. The van der Waals surface area contributed by atoms with Crippen LogP contribution in [0.3, 0.4) is 0 Å². The molecular formula is C21H22N2O4. The average molecular weight is 366 g/mol. The molecule has 0 atom stereocenters. The molecule has 140 valence electrons. The molecule has 6 heteroatoms. The number of aromatic nitrogens is 1. The highest BCUT2D eigenvalue weighted by molar-refractivity contribution is 6.00. The Labute approximate surface area is 158 Å². The summed E-state index contributed by atoms with van der Waals surface area (Å²) in [5.41, 5.74) is 2.70. The summed E-state index contributed by atoms with van der Waals surface area (Å²) >= 11 is 0. The number of nitrogens with zero attached hydrogens (tertiary/aromatic N) is 2. The molecule has 0 unspecified atom stereocenters. The van der Waals surface area contributed by atoms with Gasteiger partial charge in [0.2, 0.25) is 0 Å². The smallest absolute Gasteiger partial charge is 0.259 e. The van der Waals surface area contributed by atoms with Crippen LogP contribution in [-0.4, -0.2) is 37.2 Å². The number of ether oxygens (including phenoxy) is 2. The van der Waals surface area contributed by atoms with Crippen LogP contribution in [0.15, 0.2) is 53.1 Å². The van der Waals surface area contributed by atoms with Crippen molar-refractivity contribution in [3.63, 3.8) is 0 Å². The summed E-state index contributed by atoms with van der Waals surface area (Å²) in [7, 11) is 4.91.